The monoisotopic (exact) mass is 638 g/mol. The Balaban J connectivity index is 1.69. The van der Waals surface area contributed by atoms with Gasteiger partial charge in [-0.2, -0.15) is 0 Å². The molecule has 0 aliphatic carbocycles. The Morgan fingerprint density at radius 2 is 1.18 bits per heavy atom. The Bertz CT molecular complexity index is 968. The van der Waals surface area contributed by atoms with Crippen molar-refractivity contribution in [1.29, 1.82) is 0 Å². The van der Waals surface area contributed by atoms with E-state index in [0.29, 0.717) is 0 Å². The fourth-order valence-electron chi connectivity index (χ4n) is 6.68. The van der Waals surface area contributed by atoms with E-state index in [2.05, 4.69) is 58.7 Å². The topological polar surface area (TPSA) is 38.7 Å². The fraction of sp³-hybridized carbons (Fsp3) is 0.769. The summed E-state index contributed by atoms with van der Waals surface area (Å²) in [7, 11) is -0.786. The van der Waals surface area contributed by atoms with Gasteiger partial charge < -0.3 is 0 Å². The Morgan fingerprint density at radius 3 is 1.82 bits per heavy atom. The quantitative estimate of drug-likeness (QED) is 0.0723. The van der Waals surface area contributed by atoms with Crippen LogP contribution in [0.1, 0.15) is 157 Å². The van der Waals surface area contributed by atoms with Crippen LogP contribution in [0, 0.1) is 23.7 Å². The van der Waals surface area contributed by atoms with E-state index in [0.717, 1.165) is 29.4 Å². The van der Waals surface area contributed by atoms with Crippen LogP contribution in [-0.2, 0) is 0 Å². The number of unbranched alkanes of at least 4 members (excludes halogenated alkanes) is 7. The number of nitrogens with zero attached hydrogens (tertiary/aromatic N) is 3. The molecule has 2 heterocycles. The van der Waals surface area contributed by atoms with Gasteiger partial charge in [0.1, 0.15) is 0 Å². The predicted molar refractivity (Wildman–Crippen MR) is 202 cm³/mol. The first-order valence-electron chi connectivity index (χ1n) is 19.2. The van der Waals surface area contributed by atoms with Crippen molar-refractivity contribution >= 4 is 29.7 Å². The molecular weight excluding hydrogens is 567 g/mol. The van der Waals surface area contributed by atoms with Crippen molar-refractivity contribution in [1.82, 2.24) is 15.0 Å². The molecule has 2 rings (SSSR count). The highest BCUT2D eigenvalue weighted by Gasteiger charge is 2.12. The minimum absolute atomic E-state index is 0.391. The molecule has 0 saturated carbocycles. The van der Waals surface area contributed by atoms with Gasteiger partial charge in [-0.3, -0.25) is 15.0 Å². The highest BCUT2D eigenvalue weighted by molar-refractivity contribution is 6.54. The van der Waals surface area contributed by atoms with E-state index in [-0.39, 0.29) is 0 Å². The van der Waals surface area contributed by atoms with Gasteiger partial charge in [-0.25, -0.2) is 0 Å². The lowest BCUT2D eigenvalue weighted by atomic mass is 9.91. The third kappa shape index (κ3) is 18.0. The molecule has 0 saturated heterocycles. The van der Waals surface area contributed by atoms with Gasteiger partial charge >= 0.3 is 0 Å². The maximum absolute atomic E-state index is 5.14. The molecule has 0 spiro atoms. The summed E-state index contributed by atoms with van der Waals surface area (Å²) in [5, 5.41) is 2.61. The lowest BCUT2D eigenvalue weighted by Gasteiger charge is -2.15. The molecule has 0 amide bonds. The third-order valence-electron chi connectivity index (χ3n) is 10.0. The van der Waals surface area contributed by atoms with Crippen LogP contribution < -0.4 is 10.6 Å². The minimum atomic E-state index is -0.395. The van der Waals surface area contributed by atoms with Gasteiger partial charge in [-0.05, 0) is 35.8 Å². The largest absolute Gasteiger partial charge is 0.266 e. The molecule has 5 heteroatoms. The number of aromatic nitrogens is 3. The zero-order chi connectivity index (χ0) is 31.8. The number of hydrogen-bond acceptors (Lipinski definition) is 3. The van der Waals surface area contributed by atoms with Gasteiger partial charge in [-0.15, -0.1) is 0 Å². The molecule has 44 heavy (non-hydrogen) atoms. The molecule has 0 fully saturated rings. The Kier molecular flexibility index (Phi) is 21.9. The maximum atomic E-state index is 5.14. The fourth-order valence-corrected chi connectivity index (χ4v) is 10.0. The van der Waals surface area contributed by atoms with Gasteiger partial charge in [0.2, 0.25) is 0 Å². The van der Waals surface area contributed by atoms with E-state index in [9.17, 15) is 0 Å². The van der Waals surface area contributed by atoms with Crippen LogP contribution in [0.3, 0.4) is 0 Å². The van der Waals surface area contributed by atoms with Crippen molar-refractivity contribution in [2.24, 2.45) is 23.7 Å². The summed E-state index contributed by atoms with van der Waals surface area (Å²) in [4.78, 5) is 14.6. The van der Waals surface area contributed by atoms with Gasteiger partial charge in [0, 0.05) is 28.6 Å². The number of rotatable bonds is 27. The van der Waals surface area contributed by atoms with Crippen molar-refractivity contribution in [3.8, 4) is 11.3 Å². The molecule has 0 aliphatic rings. The summed E-state index contributed by atoms with van der Waals surface area (Å²) in [6.07, 6.45) is 31.1. The van der Waals surface area contributed by atoms with Crippen molar-refractivity contribution in [2.75, 3.05) is 0 Å². The summed E-state index contributed by atoms with van der Waals surface area (Å²) >= 11 is 0. The van der Waals surface area contributed by atoms with Crippen LogP contribution in [0.4, 0.5) is 0 Å². The van der Waals surface area contributed by atoms with E-state index in [4.69, 9.17) is 9.97 Å². The molecule has 4 atom stereocenters. The lowest BCUT2D eigenvalue weighted by Crippen LogP contribution is -2.24. The Morgan fingerprint density at radius 1 is 0.614 bits per heavy atom. The average molecular weight is 638 g/mol. The summed E-state index contributed by atoms with van der Waals surface area (Å²) < 4.78 is 0. The highest BCUT2D eigenvalue weighted by Crippen LogP contribution is 2.22. The van der Waals surface area contributed by atoms with Crippen molar-refractivity contribution < 1.29 is 0 Å². The molecular formula is C39H71N3Si2. The standard InChI is InChI=1S/C39H71N3Si2/c1-7-9-12-19-32(3)21-14-11-15-23-35(6)31-44-38-30-40-29-37(42-38)36-24-18-27-41-39(36)43-28-17-16-22-34(5)26-25-33(4)20-13-10-8-2/h18,24,27,29-30,32-35H,7-17,19-23,25-26,28,31,43-44H2,1-6H3. The second-order valence-corrected chi connectivity index (χ2v) is 18.3. The summed E-state index contributed by atoms with van der Waals surface area (Å²) in [5.41, 5.74) is 2.32. The molecule has 0 aromatic carbocycles. The molecule has 4 unspecified atom stereocenters. The van der Waals surface area contributed by atoms with E-state index in [1.54, 1.807) is 0 Å². The first kappa shape index (κ1) is 38.8. The molecule has 2 aromatic heterocycles. The normalized spacial score (nSPS) is 15.0. The number of hydrogen-bond donors (Lipinski definition) is 0. The molecule has 0 aliphatic heterocycles. The Labute approximate surface area is 278 Å². The summed E-state index contributed by atoms with van der Waals surface area (Å²) in [5.74, 6) is 3.50. The highest BCUT2D eigenvalue weighted by atomic mass is 28.2. The van der Waals surface area contributed by atoms with Gasteiger partial charge in [0.25, 0.3) is 0 Å². The van der Waals surface area contributed by atoms with E-state index >= 15 is 0 Å². The SMILES string of the molecule is CCCCCC(C)CCCCCC(C)C[SiH2]c1cncc(-c2cccnc2[SiH2]CCCCC(C)CCC(C)CCCCC)n1. The van der Waals surface area contributed by atoms with E-state index < -0.39 is 19.0 Å². The lowest BCUT2D eigenvalue weighted by molar-refractivity contribution is 0.382. The van der Waals surface area contributed by atoms with Gasteiger partial charge in [-0.1, -0.05) is 169 Å². The zero-order valence-electron chi connectivity index (χ0n) is 30.1. The van der Waals surface area contributed by atoms with Crippen LogP contribution in [0.5, 0.6) is 0 Å². The third-order valence-corrected chi connectivity index (χ3v) is 14.0. The second-order valence-electron chi connectivity index (χ2n) is 14.7. The van der Waals surface area contributed by atoms with Crippen molar-refractivity contribution in [3.63, 3.8) is 0 Å². The molecule has 0 N–H and O–H groups in total. The van der Waals surface area contributed by atoms with Crippen molar-refractivity contribution in [2.45, 2.75) is 169 Å². The van der Waals surface area contributed by atoms with Crippen LogP contribution in [-0.4, -0.2) is 34.0 Å². The van der Waals surface area contributed by atoms with Gasteiger partial charge in [0.15, 0.2) is 0 Å². The zero-order valence-corrected chi connectivity index (χ0v) is 32.9. The molecule has 0 bridgehead atoms. The molecule has 250 valence electrons. The van der Waals surface area contributed by atoms with Gasteiger partial charge in [0.05, 0.1) is 30.9 Å². The first-order chi connectivity index (χ1) is 21.4. The number of pyridine rings is 1. The van der Waals surface area contributed by atoms with Crippen LogP contribution in [0.2, 0.25) is 12.1 Å². The summed E-state index contributed by atoms with van der Waals surface area (Å²) in [6.45, 7) is 14.5. The minimum Gasteiger partial charge on any atom is -0.266 e. The summed E-state index contributed by atoms with van der Waals surface area (Å²) in [6, 6.07) is 7.01. The van der Waals surface area contributed by atoms with E-state index in [1.165, 1.54) is 144 Å². The van der Waals surface area contributed by atoms with Crippen LogP contribution in [0.25, 0.3) is 11.3 Å². The van der Waals surface area contributed by atoms with Crippen LogP contribution >= 0.6 is 0 Å². The van der Waals surface area contributed by atoms with Crippen molar-refractivity contribution in [3.05, 3.63) is 30.7 Å². The average Bonchev–Trinajstić information content (AvgIpc) is 3.03. The predicted octanol–water partition coefficient (Wildman–Crippen LogP) is 9.57. The molecule has 3 nitrogen and oxygen atoms in total. The molecule has 2 aromatic rings. The smallest absolute Gasteiger partial charge is 0.0897 e. The van der Waals surface area contributed by atoms with E-state index in [1.807, 2.05) is 18.6 Å². The molecule has 0 radical (unpaired) electrons. The maximum Gasteiger partial charge on any atom is 0.0897 e. The first-order valence-corrected chi connectivity index (χ1v) is 22.6. The second kappa shape index (κ2) is 24.8. The van der Waals surface area contributed by atoms with Crippen LogP contribution in [0.15, 0.2) is 30.7 Å². The Hall–Kier alpha value is -1.34.